The number of methoxy groups -OCH3 is 1. The number of benzene rings is 2. The number of aromatic nitrogens is 1. The molecule has 0 radical (unpaired) electrons. The van der Waals surface area contributed by atoms with Gasteiger partial charge < -0.3 is 19.8 Å². The minimum Gasteiger partial charge on any atom is -0.497 e. The van der Waals surface area contributed by atoms with E-state index in [1.165, 1.54) is 0 Å². The van der Waals surface area contributed by atoms with Crippen LogP contribution >= 0.6 is 0 Å². The van der Waals surface area contributed by atoms with Crippen LogP contribution < -0.4 is 14.8 Å². The summed E-state index contributed by atoms with van der Waals surface area (Å²) in [5, 5.41) is 4.09. The van der Waals surface area contributed by atoms with E-state index in [-0.39, 0.29) is 5.91 Å². The second kappa shape index (κ2) is 8.43. The van der Waals surface area contributed by atoms with E-state index in [2.05, 4.69) is 10.3 Å². The minimum absolute atomic E-state index is 0.0891. The number of aromatic amines is 1. The topological polar surface area (TPSA) is 63.3 Å². The van der Waals surface area contributed by atoms with Crippen molar-refractivity contribution in [3.8, 4) is 11.5 Å². The van der Waals surface area contributed by atoms with E-state index < -0.39 is 6.10 Å². The Bertz CT molecular complexity index is 858. The van der Waals surface area contributed by atoms with Crippen LogP contribution in [0.2, 0.25) is 0 Å². The van der Waals surface area contributed by atoms with Crippen LogP contribution in [-0.4, -0.2) is 30.6 Å². The number of nitrogens with one attached hydrogen (secondary N) is 2. The summed E-state index contributed by atoms with van der Waals surface area (Å²) >= 11 is 0. The van der Waals surface area contributed by atoms with Crippen LogP contribution in [0.15, 0.2) is 54.7 Å². The molecular formula is C21H24N2O3. The molecule has 0 fully saturated rings. The highest BCUT2D eigenvalue weighted by Crippen LogP contribution is 2.23. The van der Waals surface area contributed by atoms with Gasteiger partial charge in [0.05, 0.1) is 7.11 Å². The van der Waals surface area contributed by atoms with E-state index in [4.69, 9.17) is 9.47 Å². The first-order valence-corrected chi connectivity index (χ1v) is 8.84. The summed E-state index contributed by atoms with van der Waals surface area (Å²) in [4.78, 5) is 15.7. The zero-order valence-electron chi connectivity index (χ0n) is 15.1. The van der Waals surface area contributed by atoms with Gasteiger partial charge >= 0.3 is 0 Å². The van der Waals surface area contributed by atoms with Crippen molar-refractivity contribution in [1.29, 1.82) is 0 Å². The van der Waals surface area contributed by atoms with Gasteiger partial charge in [0.15, 0.2) is 6.10 Å². The van der Waals surface area contributed by atoms with Gasteiger partial charge in [-0.15, -0.1) is 0 Å². The van der Waals surface area contributed by atoms with Crippen molar-refractivity contribution in [2.45, 2.75) is 25.9 Å². The summed E-state index contributed by atoms with van der Waals surface area (Å²) in [6, 6.07) is 15.4. The molecule has 1 atom stereocenters. The number of carbonyl (C=O) groups excluding carboxylic acids is 1. The molecule has 2 N–H and O–H groups in total. The Hall–Kier alpha value is -2.95. The van der Waals surface area contributed by atoms with E-state index in [0.717, 1.165) is 28.6 Å². The molecular weight excluding hydrogens is 328 g/mol. The van der Waals surface area contributed by atoms with Crippen LogP contribution in [0.25, 0.3) is 10.9 Å². The van der Waals surface area contributed by atoms with E-state index >= 15 is 0 Å². The third kappa shape index (κ3) is 4.17. The van der Waals surface area contributed by atoms with Crippen molar-refractivity contribution in [2.24, 2.45) is 0 Å². The molecule has 0 unspecified atom stereocenters. The van der Waals surface area contributed by atoms with Gasteiger partial charge in [-0.3, -0.25) is 4.79 Å². The fourth-order valence-electron chi connectivity index (χ4n) is 2.91. The lowest BCUT2D eigenvalue weighted by atomic mass is 10.1. The Labute approximate surface area is 153 Å². The number of hydrogen-bond donors (Lipinski definition) is 2. The van der Waals surface area contributed by atoms with Gasteiger partial charge in [0.2, 0.25) is 0 Å². The van der Waals surface area contributed by atoms with Crippen LogP contribution in [0.5, 0.6) is 11.5 Å². The molecule has 0 aliphatic carbocycles. The van der Waals surface area contributed by atoms with Gasteiger partial charge in [-0.25, -0.2) is 0 Å². The Morgan fingerprint density at radius 3 is 2.69 bits per heavy atom. The SMILES string of the molecule is CC[C@@H](Oc1ccccc1)C(=O)NCCc1c[nH]c2ccc(OC)cc12. The van der Waals surface area contributed by atoms with Gasteiger partial charge in [0.1, 0.15) is 11.5 Å². The average molecular weight is 352 g/mol. The summed E-state index contributed by atoms with van der Waals surface area (Å²) in [5.41, 5.74) is 2.21. The van der Waals surface area contributed by atoms with Crippen LogP contribution in [0.4, 0.5) is 0 Å². The highest BCUT2D eigenvalue weighted by atomic mass is 16.5. The number of fused-ring (bicyclic) bond motifs is 1. The molecule has 3 aromatic rings. The van der Waals surface area contributed by atoms with Crippen LogP contribution in [0.3, 0.4) is 0 Å². The molecule has 136 valence electrons. The van der Waals surface area contributed by atoms with E-state index in [0.29, 0.717) is 18.7 Å². The number of rotatable bonds is 8. The largest absolute Gasteiger partial charge is 0.497 e. The quantitative estimate of drug-likeness (QED) is 0.650. The highest BCUT2D eigenvalue weighted by molar-refractivity contribution is 5.85. The molecule has 1 aromatic heterocycles. The average Bonchev–Trinajstić information content (AvgIpc) is 3.09. The molecule has 26 heavy (non-hydrogen) atoms. The molecule has 2 aromatic carbocycles. The van der Waals surface area contributed by atoms with E-state index in [9.17, 15) is 4.79 Å². The summed E-state index contributed by atoms with van der Waals surface area (Å²) in [7, 11) is 1.66. The smallest absolute Gasteiger partial charge is 0.261 e. The number of carbonyl (C=O) groups is 1. The van der Waals surface area contributed by atoms with Gasteiger partial charge in [-0.2, -0.15) is 0 Å². The van der Waals surface area contributed by atoms with Crippen molar-refractivity contribution < 1.29 is 14.3 Å². The van der Waals surface area contributed by atoms with Gasteiger partial charge in [-0.1, -0.05) is 25.1 Å². The van der Waals surface area contributed by atoms with Crippen LogP contribution in [-0.2, 0) is 11.2 Å². The maximum Gasteiger partial charge on any atom is 0.261 e. The van der Waals surface area contributed by atoms with E-state index in [1.54, 1.807) is 7.11 Å². The molecule has 1 amide bonds. The third-order valence-corrected chi connectivity index (χ3v) is 4.35. The summed E-state index contributed by atoms with van der Waals surface area (Å²) in [6.45, 7) is 2.50. The molecule has 0 bridgehead atoms. The van der Waals surface area contributed by atoms with Crippen molar-refractivity contribution >= 4 is 16.8 Å². The fraction of sp³-hybridized carbons (Fsp3) is 0.286. The number of para-hydroxylation sites is 1. The molecule has 0 spiro atoms. The predicted molar refractivity (Wildman–Crippen MR) is 103 cm³/mol. The fourth-order valence-corrected chi connectivity index (χ4v) is 2.91. The lowest BCUT2D eigenvalue weighted by Gasteiger charge is -2.17. The maximum atomic E-state index is 12.4. The number of hydrogen-bond acceptors (Lipinski definition) is 3. The molecule has 5 heteroatoms. The van der Waals surface area contributed by atoms with Gasteiger partial charge in [0, 0.05) is 23.6 Å². The lowest BCUT2D eigenvalue weighted by Crippen LogP contribution is -2.38. The molecule has 0 saturated carbocycles. The lowest BCUT2D eigenvalue weighted by molar-refractivity contribution is -0.128. The summed E-state index contributed by atoms with van der Waals surface area (Å²) < 4.78 is 11.1. The first-order valence-electron chi connectivity index (χ1n) is 8.84. The Balaban J connectivity index is 1.57. The molecule has 1 heterocycles. The number of H-pyrrole nitrogens is 1. The first-order chi connectivity index (χ1) is 12.7. The molecule has 0 saturated heterocycles. The summed E-state index contributed by atoms with van der Waals surface area (Å²) in [5.74, 6) is 1.44. The van der Waals surface area contributed by atoms with Gasteiger partial charge in [0.25, 0.3) is 5.91 Å². The van der Waals surface area contributed by atoms with Gasteiger partial charge in [-0.05, 0) is 48.7 Å². The Kier molecular flexibility index (Phi) is 5.79. The Morgan fingerprint density at radius 2 is 1.96 bits per heavy atom. The summed E-state index contributed by atoms with van der Waals surface area (Å²) in [6.07, 6.45) is 2.85. The number of ether oxygens (including phenoxy) is 2. The predicted octanol–water partition coefficient (Wildman–Crippen LogP) is 3.69. The molecule has 5 nitrogen and oxygen atoms in total. The highest BCUT2D eigenvalue weighted by Gasteiger charge is 2.18. The van der Waals surface area contributed by atoms with Crippen molar-refractivity contribution in [3.05, 3.63) is 60.3 Å². The zero-order valence-corrected chi connectivity index (χ0v) is 15.1. The molecule has 0 aliphatic rings. The second-order valence-corrected chi connectivity index (χ2v) is 6.09. The first kappa shape index (κ1) is 17.9. The Morgan fingerprint density at radius 1 is 1.15 bits per heavy atom. The van der Waals surface area contributed by atoms with Crippen LogP contribution in [0.1, 0.15) is 18.9 Å². The van der Waals surface area contributed by atoms with Crippen molar-refractivity contribution in [1.82, 2.24) is 10.3 Å². The van der Waals surface area contributed by atoms with Crippen molar-refractivity contribution in [3.63, 3.8) is 0 Å². The minimum atomic E-state index is -0.486. The van der Waals surface area contributed by atoms with Crippen molar-refractivity contribution in [2.75, 3.05) is 13.7 Å². The zero-order chi connectivity index (χ0) is 18.4. The maximum absolute atomic E-state index is 12.4. The van der Waals surface area contributed by atoms with Crippen LogP contribution in [0, 0.1) is 0 Å². The third-order valence-electron chi connectivity index (χ3n) is 4.35. The van der Waals surface area contributed by atoms with E-state index in [1.807, 2.05) is 61.7 Å². The standard InChI is InChI=1S/C21H24N2O3/c1-3-20(26-16-7-5-4-6-8-16)21(24)22-12-11-15-14-23-19-10-9-17(25-2)13-18(15)19/h4-10,13-14,20,23H,3,11-12H2,1-2H3,(H,22,24)/t20-/m1/s1. The molecule has 3 rings (SSSR count). The monoisotopic (exact) mass is 352 g/mol. The molecule has 0 aliphatic heterocycles. The number of amides is 1. The normalized spacial score (nSPS) is 11.9. The second-order valence-electron chi connectivity index (χ2n) is 6.09.